The number of carbonyl (C=O) groups excluding carboxylic acids is 1. The summed E-state index contributed by atoms with van der Waals surface area (Å²) < 4.78 is 23.5. The second-order valence-corrected chi connectivity index (χ2v) is 25.9. The molecule has 0 spiro atoms. The van der Waals surface area contributed by atoms with Gasteiger partial charge in [-0.1, -0.05) is 322 Å². The molecule has 0 rings (SSSR count). The molecule has 83 heavy (non-hydrogen) atoms. The van der Waals surface area contributed by atoms with Crippen LogP contribution in [0.2, 0.25) is 0 Å². The van der Waals surface area contributed by atoms with E-state index < -0.39 is 20.0 Å². The predicted octanol–water partition coefficient (Wildman–Crippen LogP) is 21.6. The highest BCUT2D eigenvalue weighted by Crippen LogP contribution is 2.38. The molecule has 0 radical (unpaired) electrons. The van der Waals surface area contributed by atoms with Gasteiger partial charge in [-0.25, -0.2) is 0 Å². The van der Waals surface area contributed by atoms with Crippen molar-refractivity contribution in [1.29, 1.82) is 0 Å². The largest absolute Gasteiger partial charge is 0.756 e. The first-order valence-corrected chi connectivity index (χ1v) is 36.2. The van der Waals surface area contributed by atoms with E-state index >= 15 is 0 Å². The third-order valence-electron chi connectivity index (χ3n) is 15.2. The summed E-state index contributed by atoms with van der Waals surface area (Å²) in [4.78, 5) is 25.6. The van der Waals surface area contributed by atoms with Gasteiger partial charge in [0.15, 0.2) is 0 Å². The fraction of sp³-hybridized carbons (Fsp3) is 0.743. The number of aliphatic hydroxyl groups is 1. The zero-order valence-corrected chi connectivity index (χ0v) is 55.8. The van der Waals surface area contributed by atoms with Crippen molar-refractivity contribution >= 4 is 13.7 Å². The Hall–Kier alpha value is -2.84. The Balaban J connectivity index is 4.15. The molecular weight excluding hydrogens is 1040 g/mol. The van der Waals surface area contributed by atoms with Gasteiger partial charge in [-0.05, 0) is 83.5 Å². The number of phosphoric acid groups is 1. The van der Waals surface area contributed by atoms with Gasteiger partial charge in [-0.15, -0.1) is 0 Å². The fourth-order valence-electron chi connectivity index (χ4n) is 9.88. The van der Waals surface area contributed by atoms with Crippen LogP contribution >= 0.6 is 7.82 Å². The molecular formula is C74H133N2O6P. The predicted molar refractivity (Wildman–Crippen MR) is 362 cm³/mol. The lowest BCUT2D eigenvalue weighted by atomic mass is 10.0. The van der Waals surface area contributed by atoms with E-state index in [0.29, 0.717) is 17.4 Å². The van der Waals surface area contributed by atoms with Gasteiger partial charge >= 0.3 is 0 Å². The van der Waals surface area contributed by atoms with E-state index in [4.69, 9.17) is 9.05 Å². The maximum atomic E-state index is 13.0. The topological polar surface area (TPSA) is 108 Å². The molecule has 0 aromatic carbocycles. The maximum Gasteiger partial charge on any atom is 0.268 e. The zero-order chi connectivity index (χ0) is 60.5. The number of allylic oxidation sites excluding steroid dienone is 17. The van der Waals surface area contributed by atoms with E-state index in [1.807, 2.05) is 27.2 Å². The van der Waals surface area contributed by atoms with Crippen molar-refractivity contribution in [2.75, 3.05) is 40.9 Å². The first-order chi connectivity index (χ1) is 40.5. The quantitative estimate of drug-likeness (QED) is 0.0272. The van der Waals surface area contributed by atoms with Gasteiger partial charge in [0.05, 0.1) is 39.9 Å². The second kappa shape index (κ2) is 63.7. The molecule has 0 heterocycles. The average Bonchev–Trinajstić information content (AvgIpc) is 3.49. The van der Waals surface area contributed by atoms with Crippen molar-refractivity contribution < 1.29 is 32.9 Å². The molecule has 3 unspecified atom stereocenters. The molecule has 9 heteroatoms. The van der Waals surface area contributed by atoms with E-state index in [9.17, 15) is 19.4 Å². The van der Waals surface area contributed by atoms with Crippen LogP contribution < -0.4 is 10.2 Å². The first-order valence-electron chi connectivity index (χ1n) is 34.7. The Morgan fingerprint density at radius 2 is 0.735 bits per heavy atom. The lowest BCUT2D eigenvalue weighted by Gasteiger charge is -2.29. The van der Waals surface area contributed by atoms with Crippen LogP contribution in [-0.2, 0) is 18.4 Å². The maximum absolute atomic E-state index is 13.0. The van der Waals surface area contributed by atoms with E-state index in [1.165, 1.54) is 180 Å². The van der Waals surface area contributed by atoms with E-state index in [-0.39, 0.29) is 19.1 Å². The highest BCUT2D eigenvalue weighted by molar-refractivity contribution is 7.45. The number of unbranched alkanes of at least 4 members (excludes halogenated alkanes) is 34. The fourth-order valence-corrected chi connectivity index (χ4v) is 10.6. The van der Waals surface area contributed by atoms with E-state index in [0.717, 1.165) is 103 Å². The smallest absolute Gasteiger partial charge is 0.268 e. The summed E-state index contributed by atoms with van der Waals surface area (Å²) in [6, 6.07) is -0.901. The van der Waals surface area contributed by atoms with Crippen LogP contribution in [0.15, 0.2) is 109 Å². The van der Waals surface area contributed by atoms with Gasteiger partial charge in [0.2, 0.25) is 5.91 Å². The summed E-state index contributed by atoms with van der Waals surface area (Å²) in [6.07, 6.45) is 93.4. The molecule has 0 saturated carbocycles. The highest BCUT2D eigenvalue weighted by atomic mass is 31.2. The highest BCUT2D eigenvalue weighted by Gasteiger charge is 2.23. The number of rotatable bonds is 63. The lowest BCUT2D eigenvalue weighted by molar-refractivity contribution is -0.870. The number of amides is 1. The molecule has 0 aromatic rings. The molecule has 0 aromatic heterocycles. The average molecular weight is 1180 g/mol. The Morgan fingerprint density at radius 3 is 1.07 bits per heavy atom. The van der Waals surface area contributed by atoms with Gasteiger partial charge in [-0.2, -0.15) is 0 Å². The molecule has 8 nitrogen and oxygen atoms in total. The number of hydrogen-bond donors (Lipinski definition) is 2. The molecule has 0 fully saturated rings. The van der Waals surface area contributed by atoms with Gasteiger partial charge in [0.25, 0.3) is 7.82 Å². The zero-order valence-electron chi connectivity index (χ0n) is 54.9. The Bertz CT molecular complexity index is 1720. The van der Waals surface area contributed by atoms with Gasteiger partial charge in [0, 0.05) is 6.42 Å². The van der Waals surface area contributed by atoms with Crippen LogP contribution in [0, 0.1) is 0 Å². The number of phosphoric ester groups is 1. The number of nitrogens with zero attached hydrogens (tertiary/aromatic N) is 1. The number of likely N-dealkylation sites (N-methyl/N-ethyl adjacent to an activating group) is 1. The van der Waals surface area contributed by atoms with Crippen LogP contribution in [0.1, 0.15) is 303 Å². The molecule has 0 aliphatic heterocycles. The van der Waals surface area contributed by atoms with Crippen LogP contribution in [0.3, 0.4) is 0 Å². The summed E-state index contributed by atoms with van der Waals surface area (Å²) in [6.45, 7) is 4.55. The number of aliphatic hydroxyl groups excluding tert-OH is 1. The molecule has 1 amide bonds. The molecule has 0 saturated heterocycles. The molecule has 0 aliphatic rings. The van der Waals surface area contributed by atoms with Crippen molar-refractivity contribution in [3.05, 3.63) is 109 Å². The van der Waals surface area contributed by atoms with E-state index in [2.05, 4.69) is 116 Å². The van der Waals surface area contributed by atoms with Crippen molar-refractivity contribution in [3.8, 4) is 0 Å². The summed E-state index contributed by atoms with van der Waals surface area (Å²) in [7, 11) is 1.25. The minimum atomic E-state index is -4.61. The lowest BCUT2D eigenvalue weighted by Crippen LogP contribution is -2.45. The SMILES string of the molecule is CC/C=C\C/C=C\C/C=C\C/C=C\C/C=C\C/C=C\C/C=C\C/C=C\CCCCCCCCCCC(=O)NC(COP(=O)([O-])OCC[N+](C)(C)C)C(O)/C=C/CCCCCCCCCCCCCCCCCCCCCCCCCCCC. The number of hydrogen-bond acceptors (Lipinski definition) is 6. The van der Waals surface area contributed by atoms with Gasteiger partial charge in [0.1, 0.15) is 13.2 Å². The minimum absolute atomic E-state index is 0.00746. The monoisotopic (exact) mass is 1180 g/mol. The van der Waals surface area contributed by atoms with Crippen LogP contribution in [0.25, 0.3) is 0 Å². The minimum Gasteiger partial charge on any atom is -0.756 e. The summed E-state index contributed by atoms with van der Waals surface area (Å²) in [5.41, 5.74) is 0. The summed E-state index contributed by atoms with van der Waals surface area (Å²) >= 11 is 0. The Morgan fingerprint density at radius 1 is 0.434 bits per heavy atom. The van der Waals surface area contributed by atoms with Crippen LogP contribution in [-0.4, -0.2) is 68.5 Å². The van der Waals surface area contributed by atoms with Crippen molar-refractivity contribution in [2.24, 2.45) is 0 Å². The molecule has 3 atom stereocenters. The standard InChI is InChI=1S/C74H133N2O6P/c1-6-8-10-12-14-16-18-20-22-24-26-28-30-32-34-36-37-38-39-40-42-44-46-48-50-52-54-56-58-60-62-64-66-68-74(78)75-72(71-82-83(79,80)81-70-69-76(3,4)5)73(77)67-65-63-61-59-57-55-53-51-49-47-45-43-41-35-33-31-29-27-25-23-21-19-17-15-13-11-9-7-2/h8,10,14,16,20,22,26,28,32,34,37-38,40,42,46,48,65,67,72-73,77H,6-7,9,11-13,15,17-19,21,23-25,27,29-31,33,35-36,39,41,43-45,47,49-64,66,68-71H2,1-5H3,(H-,75,78,79,80)/b10-8-,16-14-,22-20-,28-26-,34-32-,38-37-,42-40-,48-46-,67-65+. The summed E-state index contributed by atoms with van der Waals surface area (Å²) in [5, 5.41) is 14.0. The molecule has 2 N–H and O–H groups in total. The molecule has 0 bridgehead atoms. The van der Waals surface area contributed by atoms with Gasteiger partial charge < -0.3 is 28.8 Å². The van der Waals surface area contributed by atoms with Crippen molar-refractivity contribution in [1.82, 2.24) is 5.32 Å². The van der Waals surface area contributed by atoms with E-state index in [1.54, 1.807) is 6.08 Å². The Labute approximate surface area is 514 Å². The normalized spacial score (nSPS) is 14.3. The number of carbonyl (C=O) groups is 1. The first kappa shape index (κ1) is 80.2. The van der Waals surface area contributed by atoms with Crippen LogP contribution in [0.4, 0.5) is 0 Å². The van der Waals surface area contributed by atoms with Crippen molar-refractivity contribution in [2.45, 2.75) is 315 Å². The molecule has 0 aliphatic carbocycles. The summed E-state index contributed by atoms with van der Waals surface area (Å²) in [5.74, 6) is -0.207. The van der Waals surface area contributed by atoms with Gasteiger partial charge in [-0.3, -0.25) is 9.36 Å². The molecule has 480 valence electrons. The third kappa shape index (κ3) is 66.5. The van der Waals surface area contributed by atoms with Crippen LogP contribution in [0.5, 0.6) is 0 Å². The Kier molecular flexibility index (Phi) is 61.5. The number of nitrogens with one attached hydrogen (secondary N) is 1. The third-order valence-corrected chi connectivity index (χ3v) is 16.2. The van der Waals surface area contributed by atoms with Crippen molar-refractivity contribution in [3.63, 3.8) is 0 Å². The second-order valence-electron chi connectivity index (χ2n) is 24.5. The number of quaternary nitrogens is 1.